The number of piperazine rings is 1. The molecule has 0 saturated carbocycles. The fourth-order valence-electron chi connectivity index (χ4n) is 2.60. The second kappa shape index (κ2) is 5.63. The molecule has 0 unspecified atom stereocenters. The molecule has 1 fully saturated rings. The second-order valence-electron chi connectivity index (χ2n) is 4.84. The summed E-state index contributed by atoms with van der Waals surface area (Å²) in [6.45, 7) is 8.49. The van der Waals surface area contributed by atoms with Crippen molar-refractivity contribution in [3.63, 3.8) is 0 Å². The Kier molecular flexibility index (Phi) is 4.15. The standard InChI is InChI=1S/C14H22N2O/c1-11-3-4-13(12(2)9-11)14(10-17)16-7-5-15-6-8-16/h3-4,9,14-15,17H,5-8,10H2,1-2H3/t14-/m1/s1. The van der Waals surface area contributed by atoms with Crippen LogP contribution in [0.1, 0.15) is 22.7 Å². The van der Waals surface area contributed by atoms with Gasteiger partial charge < -0.3 is 10.4 Å². The lowest BCUT2D eigenvalue weighted by molar-refractivity contribution is 0.110. The molecule has 1 saturated heterocycles. The van der Waals surface area contributed by atoms with Crippen molar-refractivity contribution in [2.45, 2.75) is 19.9 Å². The summed E-state index contributed by atoms with van der Waals surface area (Å²) in [5, 5.41) is 13.0. The van der Waals surface area contributed by atoms with Gasteiger partial charge in [-0.05, 0) is 25.0 Å². The third-order valence-electron chi connectivity index (χ3n) is 3.55. The average Bonchev–Trinajstić information content (AvgIpc) is 2.34. The predicted octanol–water partition coefficient (Wildman–Crippen LogP) is 1.24. The van der Waals surface area contributed by atoms with E-state index in [1.165, 1.54) is 16.7 Å². The van der Waals surface area contributed by atoms with E-state index < -0.39 is 0 Å². The predicted molar refractivity (Wildman–Crippen MR) is 70.2 cm³/mol. The Morgan fingerprint density at radius 1 is 1.29 bits per heavy atom. The number of nitrogens with zero attached hydrogens (tertiary/aromatic N) is 1. The van der Waals surface area contributed by atoms with Gasteiger partial charge in [-0.15, -0.1) is 0 Å². The molecule has 1 aromatic carbocycles. The van der Waals surface area contributed by atoms with Gasteiger partial charge in [0.25, 0.3) is 0 Å². The Labute approximate surface area is 103 Å². The summed E-state index contributed by atoms with van der Waals surface area (Å²) < 4.78 is 0. The van der Waals surface area contributed by atoms with Crippen molar-refractivity contribution in [2.75, 3.05) is 32.8 Å². The van der Waals surface area contributed by atoms with E-state index in [1.807, 2.05) is 0 Å². The van der Waals surface area contributed by atoms with Crippen LogP contribution in [-0.2, 0) is 0 Å². The lowest BCUT2D eigenvalue weighted by Crippen LogP contribution is -2.46. The number of hydrogen-bond acceptors (Lipinski definition) is 3. The van der Waals surface area contributed by atoms with Crippen LogP contribution in [0.5, 0.6) is 0 Å². The van der Waals surface area contributed by atoms with Gasteiger partial charge in [-0.25, -0.2) is 0 Å². The van der Waals surface area contributed by atoms with Crippen molar-refractivity contribution in [2.24, 2.45) is 0 Å². The molecule has 2 rings (SSSR count). The lowest BCUT2D eigenvalue weighted by Gasteiger charge is -2.34. The summed E-state index contributed by atoms with van der Waals surface area (Å²) in [5.74, 6) is 0. The maximum Gasteiger partial charge on any atom is 0.0628 e. The van der Waals surface area contributed by atoms with Crippen molar-refractivity contribution >= 4 is 0 Å². The molecule has 0 spiro atoms. The van der Waals surface area contributed by atoms with Crippen LogP contribution in [-0.4, -0.2) is 42.8 Å². The van der Waals surface area contributed by atoms with E-state index >= 15 is 0 Å². The molecule has 0 amide bonds. The minimum absolute atomic E-state index is 0.151. The molecule has 94 valence electrons. The quantitative estimate of drug-likeness (QED) is 0.826. The maximum atomic E-state index is 9.66. The number of aliphatic hydroxyl groups excluding tert-OH is 1. The Hall–Kier alpha value is -0.900. The summed E-state index contributed by atoms with van der Waals surface area (Å²) in [4.78, 5) is 2.37. The van der Waals surface area contributed by atoms with E-state index in [9.17, 15) is 5.11 Å². The maximum absolute atomic E-state index is 9.66. The molecule has 1 aromatic rings. The highest BCUT2D eigenvalue weighted by Crippen LogP contribution is 2.24. The number of aliphatic hydroxyl groups is 1. The van der Waals surface area contributed by atoms with Gasteiger partial charge in [0.05, 0.1) is 12.6 Å². The zero-order valence-corrected chi connectivity index (χ0v) is 10.7. The molecule has 3 heteroatoms. The summed E-state index contributed by atoms with van der Waals surface area (Å²) in [7, 11) is 0. The average molecular weight is 234 g/mol. The molecule has 17 heavy (non-hydrogen) atoms. The number of aryl methyl sites for hydroxylation is 2. The smallest absolute Gasteiger partial charge is 0.0628 e. The number of nitrogens with one attached hydrogen (secondary N) is 1. The van der Waals surface area contributed by atoms with Crippen LogP contribution in [0, 0.1) is 13.8 Å². The van der Waals surface area contributed by atoms with E-state index in [-0.39, 0.29) is 12.6 Å². The molecule has 0 aliphatic carbocycles. The molecule has 1 aliphatic rings. The van der Waals surface area contributed by atoms with E-state index in [2.05, 4.69) is 42.3 Å². The van der Waals surface area contributed by atoms with Crippen molar-refractivity contribution in [3.8, 4) is 0 Å². The minimum Gasteiger partial charge on any atom is -0.394 e. The number of hydrogen-bond donors (Lipinski definition) is 2. The summed E-state index contributed by atoms with van der Waals surface area (Å²) in [5.41, 5.74) is 3.82. The normalized spacial score (nSPS) is 19.2. The van der Waals surface area contributed by atoms with Gasteiger partial charge in [-0.1, -0.05) is 23.8 Å². The van der Waals surface area contributed by atoms with E-state index in [0.717, 1.165) is 26.2 Å². The van der Waals surface area contributed by atoms with Crippen molar-refractivity contribution in [1.82, 2.24) is 10.2 Å². The second-order valence-corrected chi connectivity index (χ2v) is 4.84. The highest BCUT2D eigenvalue weighted by Gasteiger charge is 2.22. The SMILES string of the molecule is Cc1ccc([C@@H](CO)N2CCNCC2)c(C)c1. The first-order valence-electron chi connectivity index (χ1n) is 6.35. The van der Waals surface area contributed by atoms with E-state index in [4.69, 9.17) is 0 Å². The number of benzene rings is 1. The first-order valence-corrected chi connectivity index (χ1v) is 6.35. The fourth-order valence-corrected chi connectivity index (χ4v) is 2.60. The van der Waals surface area contributed by atoms with E-state index in [0.29, 0.717) is 0 Å². The topological polar surface area (TPSA) is 35.5 Å². The van der Waals surface area contributed by atoms with Gasteiger partial charge in [0.15, 0.2) is 0 Å². The summed E-state index contributed by atoms with van der Waals surface area (Å²) in [6.07, 6.45) is 0. The molecule has 1 heterocycles. The monoisotopic (exact) mass is 234 g/mol. The molecule has 1 aliphatic heterocycles. The van der Waals surface area contributed by atoms with Crippen LogP contribution in [0.4, 0.5) is 0 Å². The lowest BCUT2D eigenvalue weighted by atomic mass is 9.98. The molecular formula is C14H22N2O. The van der Waals surface area contributed by atoms with Crippen LogP contribution in [0.2, 0.25) is 0 Å². The van der Waals surface area contributed by atoms with Crippen LogP contribution in [0.15, 0.2) is 18.2 Å². The van der Waals surface area contributed by atoms with Crippen molar-refractivity contribution < 1.29 is 5.11 Å². The van der Waals surface area contributed by atoms with Crippen molar-refractivity contribution in [1.29, 1.82) is 0 Å². The zero-order valence-electron chi connectivity index (χ0n) is 10.7. The van der Waals surface area contributed by atoms with Crippen molar-refractivity contribution in [3.05, 3.63) is 34.9 Å². The third-order valence-corrected chi connectivity index (χ3v) is 3.55. The van der Waals surface area contributed by atoms with Gasteiger partial charge in [-0.2, -0.15) is 0 Å². The molecule has 0 bridgehead atoms. The molecule has 2 N–H and O–H groups in total. The largest absolute Gasteiger partial charge is 0.394 e. The van der Waals surface area contributed by atoms with E-state index in [1.54, 1.807) is 0 Å². The van der Waals surface area contributed by atoms with Gasteiger partial charge in [0, 0.05) is 26.2 Å². The first kappa shape index (κ1) is 12.6. The first-order chi connectivity index (χ1) is 8.22. The highest BCUT2D eigenvalue weighted by molar-refractivity contribution is 5.33. The van der Waals surface area contributed by atoms with Crippen LogP contribution >= 0.6 is 0 Å². The summed E-state index contributed by atoms with van der Waals surface area (Å²) in [6, 6.07) is 6.64. The third kappa shape index (κ3) is 2.86. The van der Waals surface area contributed by atoms with Gasteiger partial charge >= 0.3 is 0 Å². The Morgan fingerprint density at radius 3 is 2.59 bits per heavy atom. The molecule has 0 radical (unpaired) electrons. The van der Waals surface area contributed by atoms with Crippen LogP contribution in [0.3, 0.4) is 0 Å². The van der Waals surface area contributed by atoms with Gasteiger partial charge in [0.1, 0.15) is 0 Å². The summed E-state index contributed by atoms with van der Waals surface area (Å²) >= 11 is 0. The minimum atomic E-state index is 0.151. The number of rotatable bonds is 3. The molecule has 3 nitrogen and oxygen atoms in total. The zero-order chi connectivity index (χ0) is 12.3. The Balaban J connectivity index is 2.21. The Bertz CT molecular complexity index is 372. The molecule has 1 atom stereocenters. The van der Waals surface area contributed by atoms with Crippen LogP contribution in [0.25, 0.3) is 0 Å². The molecule has 0 aromatic heterocycles. The van der Waals surface area contributed by atoms with Crippen LogP contribution < -0.4 is 5.32 Å². The van der Waals surface area contributed by atoms with Gasteiger partial charge in [-0.3, -0.25) is 4.90 Å². The molecular weight excluding hydrogens is 212 g/mol. The highest BCUT2D eigenvalue weighted by atomic mass is 16.3. The van der Waals surface area contributed by atoms with Gasteiger partial charge in [0.2, 0.25) is 0 Å². The Morgan fingerprint density at radius 2 is 2.00 bits per heavy atom. The fraction of sp³-hybridized carbons (Fsp3) is 0.571.